The number of carbonyl (C=O) groups excluding carboxylic acids is 2. The van der Waals surface area contributed by atoms with Gasteiger partial charge < -0.3 is 9.47 Å². The van der Waals surface area contributed by atoms with Gasteiger partial charge in [0.25, 0.3) is 0 Å². The summed E-state index contributed by atoms with van der Waals surface area (Å²) in [6, 6.07) is 9.50. The van der Waals surface area contributed by atoms with Crippen molar-refractivity contribution >= 4 is 18.0 Å². The van der Waals surface area contributed by atoms with E-state index in [1.807, 2.05) is 58.0 Å². The first-order chi connectivity index (χ1) is 11.3. The Balaban J connectivity index is 2.68. The number of esters is 2. The summed E-state index contributed by atoms with van der Waals surface area (Å²) in [5.74, 6) is -0.930. The zero-order valence-electron chi connectivity index (χ0n) is 15.2. The summed E-state index contributed by atoms with van der Waals surface area (Å²) in [7, 11) is 0. The van der Waals surface area contributed by atoms with Crippen LogP contribution < -0.4 is 0 Å². The van der Waals surface area contributed by atoms with Gasteiger partial charge in [-0.2, -0.15) is 0 Å². The Labute approximate surface area is 144 Å². The standard InChI is InChI=1S/C20H28O4/c1-14(2)13-18(20(22)23-15(3)4)16(5)24-19(21)12-11-17-9-7-6-8-10-17/h6-12,14-16,18H,13H2,1-5H3. The van der Waals surface area contributed by atoms with Crippen LogP contribution in [-0.4, -0.2) is 24.1 Å². The van der Waals surface area contributed by atoms with Crippen LogP contribution in [-0.2, 0) is 19.1 Å². The van der Waals surface area contributed by atoms with Crippen LogP contribution in [0.4, 0.5) is 0 Å². The van der Waals surface area contributed by atoms with Crippen molar-refractivity contribution in [2.24, 2.45) is 11.8 Å². The Morgan fingerprint density at radius 2 is 1.62 bits per heavy atom. The third-order valence-corrected chi connectivity index (χ3v) is 3.46. The Morgan fingerprint density at radius 1 is 1.00 bits per heavy atom. The molecule has 0 saturated heterocycles. The molecule has 0 N–H and O–H groups in total. The number of ether oxygens (including phenoxy) is 2. The van der Waals surface area contributed by atoms with Crippen molar-refractivity contribution in [1.29, 1.82) is 0 Å². The van der Waals surface area contributed by atoms with Gasteiger partial charge in [0, 0.05) is 6.08 Å². The van der Waals surface area contributed by atoms with E-state index < -0.39 is 18.0 Å². The molecule has 0 radical (unpaired) electrons. The van der Waals surface area contributed by atoms with Crippen molar-refractivity contribution < 1.29 is 19.1 Å². The molecular weight excluding hydrogens is 304 g/mol. The van der Waals surface area contributed by atoms with Gasteiger partial charge in [0.2, 0.25) is 0 Å². The highest BCUT2D eigenvalue weighted by Gasteiger charge is 2.30. The molecule has 0 aliphatic carbocycles. The molecule has 1 aromatic rings. The van der Waals surface area contributed by atoms with Crippen molar-refractivity contribution in [2.45, 2.75) is 53.2 Å². The Kier molecular flexibility index (Phi) is 8.24. The van der Waals surface area contributed by atoms with Crippen LogP contribution in [0.15, 0.2) is 36.4 Å². The van der Waals surface area contributed by atoms with Gasteiger partial charge in [0.1, 0.15) is 6.10 Å². The van der Waals surface area contributed by atoms with Gasteiger partial charge in [0.05, 0.1) is 12.0 Å². The van der Waals surface area contributed by atoms with Crippen LogP contribution in [0.3, 0.4) is 0 Å². The first-order valence-electron chi connectivity index (χ1n) is 8.43. The molecule has 0 amide bonds. The van der Waals surface area contributed by atoms with Gasteiger partial charge in [-0.25, -0.2) is 4.79 Å². The summed E-state index contributed by atoms with van der Waals surface area (Å²) in [6.07, 6.45) is 2.97. The average molecular weight is 332 g/mol. The molecule has 2 unspecified atom stereocenters. The third kappa shape index (κ3) is 7.44. The zero-order valence-corrected chi connectivity index (χ0v) is 15.2. The highest BCUT2D eigenvalue weighted by atomic mass is 16.6. The quantitative estimate of drug-likeness (QED) is 0.527. The summed E-state index contributed by atoms with van der Waals surface area (Å²) in [6.45, 7) is 9.41. The van der Waals surface area contributed by atoms with Crippen molar-refractivity contribution in [2.75, 3.05) is 0 Å². The zero-order chi connectivity index (χ0) is 18.1. The fourth-order valence-electron chi connectivity index (χ4n) is 2.34. The average Bonchev–Trinajstić information content (AvgIpc) is 2.50. The first-order valence-corrected chi connectivity index (χ1v) is 8.43. The van der Waals surface area contributed by atoms with Crippen molar-refractivity contribution in [3.05, 3.63) is 42.0 Å². The number of rotatable bonds is 8. The second-order valence-corrected chi connectivity index (χ2v) is 6.61. The molecule has 0 saturated carbocycles. The SMILES string of the molecule is CC(C)CC(C(=O)OC(C)C)C(C)OC(=O)C=Cc1ccccc1. The molecule has 1 aromatic carbocycles. The van der Waals surface area contributed by atoms with Gasteiger partial charge in [-0.05, 0) is 44.7 Å². The minimum Gasteiger partial charge on any atom is -0.463 e. The van der Waals surface area contributed by atoms with E-state index in [1.165, 1.54) is 6.08 Å². The first kappa shape index (κ1) is 19.9. The van der Waals surface area contributed by atoms with Gasteiger partial charge >= 0.3 is 11.9 Å². The molecule has 132 valence electrons. The van der Waals surface area contributed by atoms with Crippen LogP contribution in [0, 0.1) is 11.8 Å². The minimum atomic E-state index is -0.536. The fourth-order valence-corrected chi connectivity index (χ4v) is 2.34. The van der Waals surface area contributed by atoms with E-state index in [2.05, 4.69) is 0 Å². The maximum Gasteiger partial charge on any atom is 0.331 e. The van der Waals surface area contributed by atoms with Gasteiger partial charge in [-0.3, -0.25) is 4.79 Å². The number of hydrogen-bond donors (Lipinski definition) is 0. The van der Waals surface area contributed by atoms with Crippen LogP contribution in [0.25, 0.3) is 6.08 Å². The van der Waals surface area contributed by atoms with E-state index in [4.69, 9.17) is 9.47 Å². The molecule has 2 atom stereocenters. The van der Waals surface area contributed by atoms with Crippen molar-refractivity contribution in [1.82, 2.24) is 0 Å². The Bertz CT molecular complexity index is 546. The van der Waals surface area contributed by atoms with Gasteiger partial charge in [-0.15, -0.1) is 0 Å². The lowest BCUT2D eigenvalue weighted by atomic mass is 9.92. The molecule has 0 aliphatic heterocycles. The molecule has 1 rings (SSSR count). The topological polar surface area (TPSA) is 52.6 Å². The predicted molar refractivity (Wildman–Crippen MR) is 95.2 cm³/mol. The normalized spacial score (nSPS) is 14.0. The van der Waals surface area contributed by atoms with Crippen LogP contribution in [0.5, 0.6) is 0 Å². The van der Waals surface area contributed by atoms with Crippen LogP contribution in [0.1, 0.15) is 46.6 Å². The molecule has 0 aliphatic rings. The molecule has 24 heavy (non-hydrogen) atoms. The van der Waals surface area contributed by atoms with Gasteiger partial charge in [-0.1, -0.05) is 44.2 Å². The molecular formula is C20H28O4. The smallest absolute Gasteiger partial charge is 0.331 e. The second kappa shape index (κ2) is 9.91. The summed E-state index contributed by atoms with van der Waals surface area (Å²) in [4.78, 5) is 24.3. The van der Waals surface area contributed by atoms with E-state index in [0.717, 1.165) is 5.56 Å². The van der Waals surface area contributed by atoms with Crippen LogP contribution >= 0.6 is 0 Å². The number of benzene rings is 1. The van der Waals surface area contributed by atoms with Crippen molar-refractivity contribution in [3.8, 4) is 0 Å². The second-order valence-electron chi connectivity index (χ2n) is 6.61. The molecule has 4 nitrogen and oxygen atoms in total. The Hall–Kier alpha value is -2.10. The van der Waals surface area contributed by atoms with E-state index in [9.17, 15) is 9.59 Å². The van der Waals surface area contributed by atoms with E-state index >= 15 is 0 Å². The molecule has 0 aromatic heterocycles. The van der Waals surface area contributed by atoms with E-state index in [-0.39, 0.29) is 12.1 Å². The van der Waals surface area contributed by atoms with Crippen molar-refractivity contribution in [3.63, 3.8) is 0 Å². The van der Waals surface area contributed by atoms with Gasteiger partial charge in [0.15, 0.2) is 0 Å². The number of hydrogen-bond acceptors (Lipinski definition) is 4. The maximum absolute atomic E-state index is 12.3. The summed E-state index contributed by atoms with van der Waals surface area (Å²) < 4.78 is 10.7. The summed E-state index contributed by atoms with van der Waals surface area (Å²) >= 11 is 0. The lowest BCUT2D eigenvalue weighted by Crippen LogP contribution is -2.33. The fraction of sp³-hybridized carbons (Fsp3) is 0.500. The highest BCUT2D eigenvalue weighted by molar-refractivity contribution is 5.87. The van der Waals surface area contributed by atoms with E-state index in [1.54, 1.807) is 13.0 Å². The lowest BCUT2D eigenvalue weighted by Gasteiger charge is -2.24. The van der Waals surface area contributed by atoms with E-state index in [0.29, 0.717) is 12.3 Å². The molecule has 4 heteroatoms. The largest absolute Gasteiger partial charge is 0.463 e. The summed E-state index contributed by atoms with van der Waals surface area (Å²) in [5, 5.41) is 0. The minimum absolute atomic E-state index is 0.187. The molecule has 0 fully saturated rings. The lowest BCUT2D eigenvalue weighted by molar-refractivity contribution is -0.162. The number of carbonyl (C=O) groups is 2. The van der Waals surface area contributed by atoms with Crippen LogP contribution in [0.2, 0.25) is 0 Å². The molecule has 0 heterocycles. The highest BCUT2D eigenvalue weighted by Crippen LogP contribution is 2.21. The third-order valence-electron chi connectivity index (χ3n) is 3.46. The molecule has 0 bridgehead atoms. The molecule has 0 spiro atoms. The summed E-state index contributed by atoms with van der Waals surface area (Å²) in [5.41, 5.74) is 0.917. The predicted octanol–water partition coefficient (Wildman–Crippen LogP) is 4.25. The monoisotopic (exact) mass is 332 g/mol. The Morgan fingerprint density at radius 3 is 2.17 bits per heavy atom. The maximum atomic E-state index is 12.3.